The van der Waals surface area contributed by atoms with E-state index in [0.29, 0.717) is 6.54 Å². The lowest BCUT2D eigenvalue weighted by Gasteiger charge is -2.08. The molecule has 1 N–H and O–H groups in total. The number of halogens is 1. The second-order valence-electron chi connectivity index (χ2n) is 4.19. The number of carbonyl (C=O) groups excluding carboxylic acids is 1. The van der Waals surface area contributed by atoms with Crippen molar-refractivity contribution in [2.45, 2.75) is 13.5 Å². The van der Waals surface area contributed by atoms with E-state index in [1.54, 1.807) is 12.1 Å². The first-order valence-corrected chi connectivity index (χ1v) is 5.73. The van der Waals surface area contributed by atoms with Crippen LogP contribution in [0.2, 0.25) is 0 Å². The van der Waals surface area contributed by atoms with E-state index in [4.69, 9.17) is 0 Å². The van der Waals surface area contributed by atoms with Gasteiger partial charge in [-0.2, -0.15) is 0 Å². The average Bonchev–Trinajstić information content (AvgIpc) is 2.68. The van der Waals surface area contributed by atoms with E-state index in [0.717, 1.165) is 11.4 Å². The fourth-order valence-corrected chi connectivity index (χ4v) is 1.76. The highest BCUT2D eigenvalue weighted by molar-refractivity contribution is 5.94. The molecule has 0 bridgehead atoms. The van der Waals surface area contributed by atoms with Crippen LogP contribution >= 0.6 is 0 Å². The first kappa shape index (κ1) is 12.4. The first-order valence-electron chi connectivity index (χ1n) is 5.73. The fraction of sp³-hybridized carbons (Fsp3) is 0.214. The van der Waals surface area contributed by atoms with Gasteiger partial charge in [0.2, 0.25) is 0 Å². The first-order chi connectivity index (χ1) is 8.59. The Morgan fingerprint density at radius 2 is 2.00 bits per heavy atom. The largest absolute Gasteiger partial charge is 0.350 e. The van der Waals surface area contributed by atoms with Crippen LogP contribution in [0.3, 0.4) is 0 Å². The summed E-state index contributed by atoms with van der Waals surface area (Å²) in [6, 6.07) is 9.88. The van der Waals surface area contributed by atoms with Gasteiger partial charge < -0.3 is 9.88 Å². The minimum absolute atomic E-state index is 0.0726. The number of aryl methyl sites for hydroxylation is 1. The molecule has 4 heteroatoms. The van der Waals surface area contributed by atoms with Crippen molar-refractivity contribution in [2.75, 3.05) is 0 Å². The molecule has 1 amide bonds. The third kappa shape index (κ3) is 2.42. The molecule has 0 saturated carbocycles. The molecule has 1 aromatic carbocycles. The van der Waals surface area contributed by atoms with Crippen LogP contribution in [0.4, 0.5) is 4.39 Å². The molecule has 1 heterocycles. The van der Waals surface area contributed by atoms with Crippen molar-refractivity contribution in [1.82, 2.24) is 9.88 Å². The average molecular weight is 246 g/mol. The summed E-state index contributed by atoms with van der Waals surface area (Å²) in [4.78, 5) is 11.8. The van der Waals surface area contributed by atoms with Gasteiger partial charge in [0.1, 0.15) is 5.82 Å². The Labute approximate surface area is 105 Å². The van der Waals surface area contributed by atoms with E-state index >= 15 is 0 Å². The number of rotatable bonds is 3. The molecule has 3 nitrogen and oxygen atoms in total. The Balaban J connectivity index is 2.05. The van der Waals surface area contributed by atoms with Crippen LogP contribution in [0.15, 0.2) is 36.4 Å². The zero-order chi connectivity index (χ0) is 13.1. The molecular formula is C14H15FN2O. The van der Waals surface area contributed by atoms with Gasteiger partial charge in [0.25, 0.3) is 5.91 Å². The maximum atomic E-state index is 13.4. The highest BCUT2D eigenvalue weighted by Crippen LogP contribution is 2.08. The van der Waals surface area contributed by atoms with Crippen LogP contribution < -0.4 is 5.32 Å². The second kappa shape index (κ2) is 5.04. The topological polar surface area (TPSA) is 34.0 Å². The Kier molecular flexibility index (Phi) is 3.46. The fourth-order valence-electron chi connectivity index (χ4n) is 1.76. The molecule has 0 saturated heterocycles. The van der Waals surface area contributed by atoms with Crippen LogP contribution in [-0.4, -0.2) is 10.5 Å². The molecule has 0 spiro atoms. The molecule has 94 valence electrons. The Morgan fingerprint density at radius 3 is 2.61 bits per heavy atom. The van der Waals surface area contributed by atoms with Gasteiger partial charge in [-0.05, 0) is 31.2 Å². The number of hydrogen-bond acceptors (Lipinski definition) is 1. The number of hydrogen-bond donors (Lipinski definition) is 1. The molecule has 0 fully saturated rings. The number of nitrogens with one attached hydrogen (secondary N) is 1. The SMILES string of the molecule is Cc1ccc(CNC(=O)c2ccccc2F)n1C. The maximum Gasteiger partial charge on any atom is 0.254 e. The highest BCUT2D eigenvalue weighted by atomic mass is 19.1. The Hall–Kier alpha value is -2.10. The zero-order valence-corrected chi connectivity index (χ0v) is 10.4. The molecule has 1 aromatic heterocycles. The van der Waals surface area contributed by atoms with Crippen molar-refractivity contribution in [3.05, 3.63) is 59.2 Å². The van der Waals surface area contributed by atoms with Crippen LogP contribution in [-0.2, 0) is 13.6 Å². The quantitative estimate of drug-likeness (QED) is 0.886. The predicted molar refractivity (Wildman–Crippen MR) is 67.7 cm³/mol. The maximum absolute atomic E-state index is 13.4. The number of nitrogens with zero attached hydrogens (tertiary/aromatic N) is 1. The summed E-state index contributed by atoms with van der Waals surface area (Å²) in [6.07, 6.45) is 0. The van der Waals surface area contributed by atoms with Crippen molar-refractivity contribution in [1.29, 1.82) is 0 Å². The lowest BCUT2D eigenvalue weighted by atomic mass is 10.2. The van der Waals surface area contributed by atoms with Crippen molar-refractivity contribution in [2.24, 2.45) is 7.05 Å². The second-order valence-corrected chi connectivity index (χ2v) is 4.19. The van der Waals surface area contributed by atoms with E-state index in [1.165, 1.54) is 12.1 Å². The van der Waals surface area contributed by atoms with E-state index in [2.05, 4.69) is 5.32 Å². The summed E-state index contributed by atoms with van der Waals surface area (Å²) in [7, 11) is 1.93. The third-order valence-corrected chi connectivity index (χ3v) is 3.03. The van der Waals surface area contributed by atoms with E-state index < -0.39 is 11.7 Å². The standard InChI is InChI=1S/C14H15FN2O/c1-10-7-8-11(17(10)2)9-16-14(18)12-5-3-4-6-13(12)15/h3-8H,9H2,1-2H3,(H,16,18). The zero-order valence-electron chi connectivity index (χ0n) is 10.4. The molecule has 0 aliphatic heterocycles. The molecule has 0 atom stereocenters. The Bertz CT molecular complexity index is 575. The van der Waals surface area contributed by atoms with Crippen LogP contribution in [0, 0.1) is 12.7 Å². The predicted octanol–water partition coefficient (Wildman–Crippen LogP) is 2.40. The molecule has 18 heavy (non-hydrogen) atoms. The summed E-state index contributed by atoms with van der Waals surface area (Å²) in [6.45, 7) is 2.37. The van der Waals surface area contributed by atoms with E-state index in [1.807, 2.05) is 30.7 Å². The van der Waals surface area contributed by atoms with Gasteiger partial charge in [-0.25, -0.2) is 4.39 Å². The minimum Gasteiger partial charge on any atom is -0.350 e. The monoisotopic (exact) mass is 246 g/mol. The summed E-state index contributed by atoms with van der Waals surface area (Å²) in [5.74, 6) is -0.898. The van der Waals surface area contributed by atoms with Gasteiger partial charge in [0.15, 0.2) is 0 Å². The lowest BCUT2D eigenvalue weighted by Crippen LogP contribution is -2.24. The Morgan fingerprint density at radius 1 is 1.28 bits per heavy atom. The minimum atomic E-state index is -0.502. The smallest absolute Gasteiger partial charge is 0.254 e. The van der Waals surface area contributed by atoms with E-state index in [-0.39, 0.29) is 5.56 Å². The van der Waals surface area contributed by atoms with Crippen LogP contribution in [0.25, 0.3) is 0 Å². The van der Waals surface area contributed by atoms with Crippen molar-refractivity contribution in [3.63, 3.8) is 0 Å². The molecular weight excluding hydrogens is 231 g/mol. The van der Waals surface area contributed by atoms with Gasteiger partial charge in [0.05, 0.1) is 12.1 Å². The molecule has 0 aliphatic carbocycles. The number of aromatic nitrogens is 1. The molecule has 0 radical (unpaired) electrons. The molecule has 2 aromatic rings. The van der Waals surface area contributed by atoms with Crippen molar-refractivity contribution in [3.8, 4) is 0 Å². The van der Waals surface area contributed by atoms with Gasteiger partial charge in [-0.1, -0.05) is 12.1 Å². The normalized spacial score (nSPS) is 10.4. The molecule has 0 unspecified atom stereocenters. The summed E-state index contributed by atoms with van der Waals surface area (Å²) >= 11 is 0. The van der Waals surface area contributed by atoms with Crippen molar-refractivity contribution >= 4 is 5.91 Å². The molecule has 0 aliphatic rings. The third-order valence-electron chi connectivity index (χ3n) is 3.03. The van der Waals surface area contributed by atoms with Crippen molar-refractivity contribution < 1.29 is 9.18 Å². The summed E-state index contributed by atoms with van der Waals surface area (Å²) in [5, 5.41) is 2.71. The van der Waals surface area contributed by atoms with E-state index in [9.17, 15) is 9.18 Å². The summed E-state index contributed by atoms with van der Waals surface area (Å²) in [5.41, 5.74) is 2.17. The summed E-state index contributed by atoms with van der Waals surface area (Å²) < 4.78 is 15.4. The van der Waals surface area contributed by atoms with Gasteiger partial charge in [-0.15, -0.1) is 0 Å². The number of carbonyl (C=O) groups is 1. The van der Waals surface area contributed by atoms with Gasteiger partial charge in [-0.3, -0.25) is 4.79 Å². The number of benzene rings is 1. The van der Waals surface area contributed by atoms with Gasteiger partial charge >= 0.3 is 0 Å². The lowest BCUT2D eigenvalue weighted by molar-refractivity contribution is 0.0946. The van der Waals surface area contributed by atoms with Crippen LogP contribution in [0.1, 0.15) is 21.7 Å². The van der Waals surface area contributed by atoms with Crippen LogP contribution in [0.5, 0.6) is 0 Å². The highest BCUT2D eigenvalue weighted by Gasteiger charge is 2.10. The molecule has 2 rings (SSSR count). The van der Waals surface area contributed by atoms with Gasteiger partial charge in [0, 0.05) is 18.4 Å². The number of amides is 1.